The molecule has 2 unspecified atom stereocenters. The Kier molecular flexibility index (Phi) is 4.32. The molecule has 132 valence electrons. The fourth-order valence-corrected chi connectivity index (χ4v) is 3.01. The molecular formula is C18H19FN2O4. The lowest BCUT2D eigenvalue weighted by Gasteiger charge is -2.30. The van der Waals surface area contributed by atoms with Crippen molar-refractivity contribution in [1.29, 1.82) is 0 Å². The Morgan fingerprint density at radius 3 is 2.84 bits per heavy atom. The summed E-state index contributed by atoms with van der Waals surface area (Å²) in [6, 6.07) is 5.93. The Labute approximate surface area is 144 Å². The van der Waals surface area contributed by atoms with Crippen LogP contribution in [0.15, 0.2) is 41.6 Å². The number of rotatable bonds is 4. The Hall–Kier alpha value is -2.70. The summed E-state index contributed by atoms with van der Waals surface area (Å²) in [6.45, 7) is 1.59. The minimum Gasteiger partial charge on any atom is -0.467 e. The molecule has 0 aromatic heterocycles. The van der Waals surface area contributed by atoms with Gasteiger partial charge in [-0.1, -0.05) is 29.4 Å². The third-order valence-electron chi connectivity index (χ3n) is 4.49. The highest BCUT2D eigenvalue weighted by atomic mass is 19.1. The second kappa shape index (κ2) is 6.31. The van der Waals surface area contributed by atoms with Gasteiger partial charge >= 0.3 is 5.97 Å². The van der Waals surface area contributed by atoms with Crippen molar-refractivity contribution in [2.24, 2.45) is 5.16 Å². The molecule has 0 radical (unpaired) electrons. The molecule has 0 fully saturated rings. The fraction of sp³-hybridized carbons (Fsp3) is 0.389. The number of methoxy groups -OCH3 is 1. The topological polar surface area (TPSA) is 77.0 Å². The van der Waals surface area contributed by atoms with Gasteiger partial charge in [0.05, 0.1) is 12.8 Å². The van der Waals surface area contributed by atoms with Crippen molar-refractivity contribution in [3.63, 3.8) is 0 Å². The lowest BCUT2D eigenvalue weighted by molar-refractivity contribution is -0.153. The summed E-state index contributed by atoms with van der Waals surface area (Å²) in [6.07, 6.45) is 4.73. The molecule has 2 aliphatic rings. The number of amides is 1. The first-order valence-electron chi connectivity index (χ1n) is 7.98. The number of carbonyl (C=O) groups excluding carboxylic acids is 2. The first-order chi connectivity index (χ1) is 11.9. The first-order valence-corrected chi connectivity index (χ1v) is 7.98. The SMILES string of the molecule is COC(=O)C1(NC(=O)C2(C)CC(c3cccc(F)c3)=NO2)C=CCC1. The van der Waals surface area contributed by atoms with E-state index in [1.165, 1.54) is 19.2 Å². The minimum absolute atomic E-state index is 0.170. The number of oxime groups is 1. The molecule has 0 saturated heterocycles. The van der Waals surface area contributed by atoms with Crippen LogP contribution in [0.25, 0.3) is 0 Å². The summed E-state index contributed by atoms with van der Waals surface area (Å²) in [5.41, 5.74) is -1.43. The third kappa shape index (κ3) is 3.14. The molecule has 1 aliphatic carbocycles. The maximum Gasteiger partial charge on any atom is 0.335 e. The van der Waals surface area contributed by atoms with Gasteiger partial charge in [-0.3, -0.25) is 4.79 Å². The lowest BCUT2D eigenvalue weighted by Crippen LogP contribution is -2.58. The highest BCUT2D eigenvalue weighted by molar-refractivity contribution is 6.06. The molecule has 1 amide bonds. The molecule has 0 saturated carbocycles. The summed E-state index contributed by atoms with van der Waals surface area (Å²) in [7, 11) is 1.28. The van der Waals surface area contributed by atoms with E-state index >= 15 is 0 Å². The monoisotopic (exact) mass is 346 g/mol. The van der Waals surface area contributed by atoms with Crippen LogP contribution in [0.3, 0.4) is 0 Å². The maximum atomic E-state index is 13.4. The number of hydrogen-bond donors (Lipinski definition) is 1. The molecule has 6 nitrogen and oxygen atoms in total. The molecule has 3 rings (SSSR count). The Morgan fingerprint density at radius 2 is 2.20 bits per heavy atom. The van der Waals surface area contributed by atoms with Crippen molar-refractivity contribution in [1.82, 2.24) is 5.32 Å². The highest BCUT2D eigenvalue weighted by Crippen LogP contribution is 2.30. The number of hydrogen-bond acceptors (Lipinski definition) is 5. The predicted octanol–water partition coefficient (Wildman–Crippen LogP) is 2.09. The van der Waals surface area contributed by atoms with Crippen LogP contribution in [-0.2, 0) is 19.2 Å². The van der Waals surface area contributed by atoms with Gasteiger partial charge in [-0.05, 0) is 31.9 Å². The summed E-state index contributed by atoms with van der Waals surface area (Å²) in [5, 5.41) is 6.67. The van der Waals surface area contributed by atoms with Crippen molar-refractivity contribution >= 4 is 17.6 Å². The zero-order chi connectivity index (χ0) is 18.1. The minimum atomic E-state index is -1.28. The fourth-order valence-electron chi connectivity index (χ4n) is 3.01. The summed E-state index contributed by atoms with van der Waals surface area (Å²) >= 11 is 0. The quantitative estimate of drug-likeness (QED) is 0.669. The predicted molar refractivity (Wildman–Crippen MR) is 88.3 cm³/mol. The van der Waals surface area contributed by atoms with Gasteiger partial charge in [0.15, 0.2) is 5.54 Å². The maximum absolute atomic E-state index is 13.4. The van der Waals surface area contributed by atoms with E-state index < -0.39 is 23.0 Å². The van der Waals surface area contributed by atoms with E-state index in [1.54, 1.807) is 25.1 Å². The Morgan fingerprint density at radius 1 is 1.40 bits per heavy atom. The zero-order valence-electron chi connectivity index (χ0n) is 14.0. The van der Waals surface area contributed by atoms with Crippen molar-refractivity contribution in [3.05, 3.63) is 47.8 Å². The number of halogens is 1. The lowest BCUT2D eigenvalue weighted by atomic mass is 9.92. The molecule has 0 bridgehead atoms. The average molecular weight is 346 g/mol. The van der Waals surface area contributed by atoms with Crippen molar-refractivity contribution in [2.45, 2.75) is 37.3 Å². The molecular weight excluding hydrogens is 327 g/mol. The number of allylic oxidation sites excluding steroid dienone is 1. The normalized spacial score (nSPS) is 27.6. The van der Waals surface area contributed by atoms with Gasteiger partial charge < -0.3 is 14.9 Å². The van der Waals surface area contributed by atoms with Crippen LogP contribution in [0.1, 0.15) is 31.7 Å². The van der Waals surface area contributed by atoms with Crippen LogP contribution in [-0.4, -0.2) is 35.8 Å². The average Bonchev–Trinajstić information content (AvgIpc) is 3.23. The molecule has 1 aromatic rings. The van der Waals surface area contributed by atoms with Crippen LogP contribution in [0.4, 0.5) is 4.39 Å². The smallest absolute Gasteiger partial charge is 0.335 e. The van der Waals surface area contributed by atoms with Crippen LogP contribution < -0.4 is 5.32 Å². The van der Waals surface area contributed by atoms with Gasteiger partial charge in [-0.25, -0.2) is 9.18 Å². The van der Waals surface area contributed by atoms with Crippen LogP contribution in [0.5, 0.6) is 0 Å². The van der Waals surface area contributed by atoms with E-state index in [0.29, 0.717) is 24.1 Å². The largest absolute Gasteiger partial charge is 0.467 e. The third-order valence-corrected chi connectivity index (χ3v) is 4.49. The van der Waals surface area contributed by atoms with E-state index in [0.717, 1.165) is 0 Å². The van der Waals surface area contributed by atoms with Crippen molar-refractivity contribution < 1.29 is 23.6 Å². The molecule has 0 spiro atoms. The van der Waals surface area contributed by atoms with Crippen LogP contribution in [0.2, 0.25) is 0 Å². The summed E-state index contributed by atoms with van der Waals surface area (Å²) in [5.74, 6) is -1.39. The van der Waals surface area contributed by atoms with Crippen LogP contribution >= 0.6 is 0 Å². The van der Waals surface area contributed by atoms with Gasteiger partial charge in [-0.15, -0.1) is 0 Å². The van der Waals surface area contributed by atoms with Crippen molar-refractivity contribution in [2.75, 3.05) is 7.11 Å². The van der Waals surface area contributed by atoms with Gasteiger partial charge in [0.1, 0.15) is 5.82 Å². The summed E-state index contributed by atoms with van der Waals surface area (Å²) in [4.78, 5) is 30.2. The number of esters is 1. The van der Waals surface area contributed by atoms with Crippen molar-refractivity contribution in [3.8, 4) is 0 Å². The molecule has 25 heavy (non-hydrogen) atoms. The van der Waals surface area contributed by atoms with Gasteiger partial charge in [0.2, 0.25) is 5.60 Å². The zero-order valence-corrected chi connectivity index (χ0v) is 14.0. The molecule has 1 N–H and O–H groups in total. The van der Waals surface area contributed by atoms with E-state index in [2.05, 4.69) is 10.5 Å². The van der Waals surface area contributed by atoms with Gasteiger partial charge in [-0.2, -0.15) is 0 Å². The molecule has 2 atom stereocenters. The molecule has 7 heteroatoms. The summed E-state index contributed by atoms with van der Waals surface area (Å²) < 4.78 is 18.2. The second-order valence-electron chi connectivity index (χ2n) is 6.41. The second-order valence-corrected chi connectivity index (χ2v) is 6.41. The standard InChI is InChI=1S/C18H19FN2O4/c1-17(11-14(21-25-17)12-6-5-7-13(19)10-12)15(22)20-18(16(23)24-2)8-3-4-9-18/h3,5-8,10H,4,9,11H2,1-2H3,(H,20,22). The highest BCUT2D eigenvalue weighted by Gasteiger charge is 2.48. The molecule has 1 aromatic carbocycles. The molecule has 1 heterocycles. The first kappa shape index (κ1) is 17.1. The van der Waals surface area contributed by atoms with Gasteiger partial charge in [0.25, 0.3) is 5.91 Å². The van der Waals surface area contributed by atoms with E-state index in [1.807, 2.05) is 6.08 Å². The number of nitrogens with one attached hydrogen (secondary N) is 1. The van der Waals surface area contributed by atoms with Gasteiger partial charge in [0, 0.05) is 12.0 Å². The van der Waals surface area contributed by atoms with E-state index in [9.17, 15) is 14.0 Å². The number of carbonyl (C=O) groups is 2. The Balaban J connectivity index is 1.75. The van der Waals surface area contributed by atoms with E-state index in [4.69, 9.17) is 9.57 Å². The number of nitrogens with zero attached hydrogens (tertiary/aromatic N) is 1. The molecule has 1 aliphatic heterocycles. The number of ether oxygens (including phenoxy) is 1. The van der Waals surface area contributed by atoms with E-state index in [-0.39, 0.29) is 12.2 Å². The Bertz CT molecular complexity index is 776. The van der Waals surface area contributed by atoms with Crippen LogP contribution in [0, 0.1) is 5.82 Å². The number of benzene rings is 1.